The molecule has 0 saturated carbocycles. The first kappa shape index (κ1) is 41.0. The van der Waals surface area contributed by atoms with Gasteiger partial charge < -0.3 is 55.9 Å². The second-order valence-electron chi connectivity index (χ2n) is 12.4. The number of likely N-dealkylation sites (N-methyl/N-ethyl adjacent to an activating group) is 3. The van der Waals surface area contributed by atoms with Gasteiger partial charge in [-0.25, -0.2) is 0 Å². The van der Waals surface area contributed by atoms with Gasteiger partial charge in [0.1, 0.15) is 0 Å². The predicted molar refractivity (Wildman–Crippen MR) is 195 cm³/mol. The SMILES string of the molecule is C=C1C(O)=C(C(=O)NCCN(CCCN(CCNC)CCNC(=O)c2ccn(C)c(=O)c2O)CCNC(=O)C2=C(O)C(=O)N(C)CC=C2)C=CN1C. The lowest BCUT2D eigenvalue weighted by Gasteiger charge is -2.26. The molecule has 0 bridgehead atoms. The maximum absolute atomic E-state index is 12.9. The topological polar surface area (TPSA) is 212 Å². The molecule has 17 nitrogen and oxygen atoms in total. The minimum Gasteiger partial charge on any atom is -0.505 e. The smallest absolute Gasteiger partial charge is 0.293 e. The van der Waals surface area contributed by atoms with Gasteiger partial charge in [0.05, 0.1) is 22.4 Å². The summed E-state index contributed by atoms with van der Waals surface area (Å²) in [5.41, 5.74) is -0.473. The molecule has 2 aliphatic heterocycles. The standard InChI is InChI=1S/C35H51N9O8/c1-24-28(45)26(9-18-40(24)3)32(49)38-14-23-44(22-13-37-31(48)25-8-6-15-41(4)34(51)29(25)46)17-7-16-43(20-11-36-2)21-12-39-33(50)27-10-19-42(5)35(52)30(27)47/h6,8-10,18-19,36,45-47H,1,7,11-17,20-23H2,2-5H3,(H,37,48)(H,38,49)(H,39,50). The third-order valence-electron chi connectivity index (χ3n) is 8.63. The number of hydrogen-bond acceptors (Lipinski definition) is 12. The molecule has 1 aromatic heterocycles. The highest BCUT2D eigenvalue weighted by Gasteiger charge is 2.24. The highest BCUT2D eigenvalue weighted by molar-refractivity contribution is 6.05. The van der Waals surface area contributed by atoms with E-state index in [2.05, 4.69) is 32.7 Å². The summed E-state index contributed by atoms with van der Waals surface area (Å²) in [6.45, 7) is 8.61. The first-order valence-electron chi connectivity index (χ1n) is 17.0. The van der Waals surface area contributed by atoms with E-state index < -0.39 is 40.7 Å². The second-order valence-corrected chi connectivity index (χ2v) is 12.4. The molecular formula is C35H51N9O8. The Morgan fingerprint density at radius 1 is 0.788 bits per heavy atom. The molecule has 0 spiro atoms. The molecule has 3 rings (SSSR count). The molecule has 3 heterocycles. The van der Waals surface area contributed by atoms with Gasteiger partial charge in [0.25, 0.3) is 29.2 Å². The third-order valence-corrected chi connectivity index (χ3v) is 8.63. The molecule has 0 fully saturated rings. The van der Waals surface area contributed by atoms with Crippen molar-refractivity contribution in [1.82, 2.24) is 45.4 Å². The number of hydrogen-bond donors (Lipinski definition) is 7. The van der Waals surface area contributed by atoms with Crippen LogP contribution in [0.3, 0.4) is 0 Å². The lowest BCUT2D eigenvalue weighted by Crippen LogP contribution is -2.42. The average molecular weight is 726 g/mol. The van der Waals surface area contributed by atoms with Gasteiger partial charge in [-0.2, -0.15) is 0 Å². The van der Waals surface area contributed by atoms with Crippen LogP contribution < -0.4 is 26.8 Å². The van der Waals surface area contributed by atoms with Gasteiger partial charge >= 0.3 is 0 Å². The van der Waals surface area contributed by atoms with Gasteiger partial charge in [-0.05, 0) is 44.8 Å². The largest absolute Gasteiger partial charge is 0.505 e. The van der Waals surface area contributed by atoms with Crippen LogP contribution in [0.5, 0.6) is 5.75 Å². The van der Waals surface area contributed by atoms with Crippen LogP contribution in [0.15, 0.2) is 76.4 Å². The predicted octanol–water partition coefficient (Wildman–Crippen LogP) is -1.11. The van der Waals surface area contributed by atoms with Crippen molar-refractivity contribution in [3.8, 4) is 5.75 Å². The minimum atomic E-state index is -0.661. The Bertz CT molecular complexity index is 1680. The van der Waals surface area contributed by atoms with E-state index in [4.69, 9.17) is 0 Å². The van der Waals surface area contributed by atoms with Gasteiger partial charge in [-0.15, -0.1) is 0 Å². The molecule has 284 valence electrons. The normalized spacial score (nSPS) is 14.8. The number of rotatable bonds is 19. The molecule has 1 aromatic rings. The molecule has 2 aliphatic rings. The number of aliphatic hydroxyl groups is 2. The third kappa shape index (κ3) is 11.3. The highest BCUT2D eigenvalue weighted by atomic mass is 16.3. The van der Waals surface area contributed by atoms with Crippen LogP contribution in [-0.4, -0.2) is 156 Å². The second kappa shape index (κ2) is 19.9. The Morgan fingerprint density at radius 2 is 1.33 bits per heavy atom. The van der Waals surface area contributed by atoms with Gasteiger partial charge in [0.15, 0.2) is 17.3 Å². The van der Waals surface area contributed by atoms with Crippen LogP contribution >= 0.6 is 0 Å². The van der Waals surface area contributed by atoms with E-state index in [-0.39, 0.29) is 48.6 Å². The van der Waals surface area contributed by atoms with Crippen molar-refractivity contribution in [1.29, 1.82) is 0 Å². The van der Waals surface area contributed by atoms with Crippen molar-refractivity contribution >= 4 is 23.6 Å². The van der Waals surface area contributed by atoms with Gasteiger partial charge in [0, 0.05) is 92.4 Å². The van der Waals surface area contributed by atoms with E-state index in [0.717, 1.165) is 0 Å². The molecule has 0 aromatic carbocycles. The number of amides is 4. The fourth-order valence-electron chi connectivity index (χ4n) is 5.36. The zero-order valence-corrected chi connectivity index (χ0v) is 30.3. The first-order valence-corrected chi connectivity index (χ1v) is 17.0. The summed E-state index contributed by atoms with van der Waals surface area (Å²) in [5, 5.41) is 42.3. The average Bonchev–Trinajstić information content (AvgIpc) is 3.24. The molecule has 17 heteroatoms. The van der Waals surface area contributed by atoms with Crippen LogP contribution in [0.25, 0.3) is 0 Å². The van der Waals surface area contributed by atoms with Crippen molar-refractivity contribution in [3.05, 3.63) is 87.5 Å². The lowest BCUT2D eigenvalue weighted by atomic mass is 10.1. The molecule has 52 heavy (non-hydrogen) atoms. The molecule has 4 amide bonds. The van der Waals surface area contributed by atoms with Crippen molar-refractivity contribution in [2.45, 2.75) is 6.42 Å². The number of nitrogens with zero attached hydrogens (tertiary/aromatic N) is 5. The van der Waals surface area contributed by atoms with E-state index in [0.29, 0.717) is 57.9 Å². The maximum Gasteiger partial charge on any atom is 0.293 e. The minimum absolute atomic E-state index is 0.0940. The van der Waals surface area contributed by atoms with Crippen LogP contribution in [0.2, 0.25) is 0 Å². The van der Waals surface area contributed by atoms with Crippen molar-refractivity contribution in [2.75, 3.05) is 93.1 Å². The summed E-state index contributed by atoms with van der Waals surface area (Å²) in [5.74, 6) is -3.70. The number of pyridine rings is 1. The number of nitrogens with one attached hydrogen (secondary N) is 4. The quantitative estimate of drug-likeness (QED) is 0.0906. The van der Waals surface area contributed by atoms with E-state index in [9.17, 15) is 39.3 Å². The lowest BCUT2D eigenvalue weighted by molar-refractivity contribution is -0.128. The number of aromatic nitrogens is 1. The Kier molecular flexibility index (Phi) is 15.7. The fraction of sp³-hybridized carbons (Fsp3) is 0.457. The van der Waals surface area contributed by atoms with Crippen molar-refractivity contribution in [3.63, 3.8) is 0 Å². The van der Waals surface area contributed by atoms with E-state index in [1.165, 1.54) is 48.0 Å². The molecule has 0 radical (unpaired) electrons. The van der Waals surface area contributed by atoms with Crippen LogP contribution in [0.4, 0.5) is 0 Å². The molecule has 0 atom stereocenters. The summed E-state index contributed by atoms with van der Waals surface area (Å²) in [7, 11) is 6.55. The van der Waals surface area contributed by atoms with Crippen LogP contribution in [-0.2, 0) is 21.4 Å². The van der Waals surface area contributed by atoms with E-state index in [1.54, 1.807) is 24.2 Å². The number of carbonyl (C=O) groups is 4. The van der Waals surface area contributed by atoms with Crippen molar-refractivity contribution < 1.29 is 34.5 Å². The van der Waals surface area contributed by atoms with Gasteiger partial charge in [-0.3, -0.25) is 28.9 Å². The summed E-state index contributed by atoms with van der Waals surface area (Å²) in [4.78, 5) is 69.8. The van der Waals surface area contributed by atoms with Gasteiger partial charge in [-0.1, -0.05) is 12.7 Å². The number of aromatic hydroxyl groups is 1. The van der Waals surface area contributed by atoms with Crippen LogP contribution in [0.1, 0.15) is 16.8 Å². The highest BCUT2D eigenvalue weighted by Crippen LogP contribution is 2.20. The Labute approximate surface area is 303 Å². The Balaban J connectivity index is 1.60. The monoisotopic (exact) mass is 725 g/mol. The number of carbonyl (C=O) groups excluding carboxylic acids is 4. The number of aryl methyl sites for hydroxylation is 1. The fourth-order valence-corrected chi connectivity index (χ4v) is 5.36. The maximum atomic E-state index is 12.9. The van der Waals surface area contributed by atoms with E-state index in [1.807, 2.05) is 11.9 Å². The zero-order valence-electron chi connectivity index (χ0n) is 30.3. The first-order chi connectivity index (χ1) is 24.8. The Morgan fingerprint density at radius 3 is 1.90 bits per heavy atom. The Hall–Kier alpha value is -5.39. The zero-order chi connectivity index (χ0) is 38.4. The summed E-state index contributed by atoms with van der Waals surface area (Å²) < 4.78 is 1.18. The van der Waals surface area contributed by atoms with Crippen LogP contribution in [0, 0.1) is 0 Å². The number of aliphatic hydroxyl groups excluding tert-OH is 2. The molecule has 0 saturated heterocycles. The van der Waals surface area contributed by atoms with Crippen molar-refractivity contribution in [2.24, 2.45) is 7.05 Å². The molecule has 7 N–H and O–H groups in total. The summed E-state index contributed by atoms with van der Waals surface area (Å²) in [6, 6.07) is 1.39. The van der Waals surface area contributed by atoms with Gasteiger partial charge in [0.2, 0.25) is 0 Å². The summed E-state index contributed by atoms with van der Waals surface area (Å²) in [6.07, 6.45) is 8.28. The molecular weight excluding hydrogens is 674 g/mol. The van der Waals surface area contributed by atoms with E-state index >= 15 is 0 Å². The molecule has 0 unspecified atom stereocenters. The summed E-state index contributed by atoms with van der Waals surface area (Å²) >= 11 is 0. The molecule has 0 aliphatic carbocycles.